The summed E-state index contributed by atoms with van der Waals surface area (Å²) < 4.78 is 38.6. The summed E-state index contributed by atoms with van der Waals surface area (Å²) in [5, 5.41) is 3.47. The van der Waals surface area contributed by atoms with Gasteiger partial charge in [-0.1, -0.05) is 13.8 Å². The van der Waals surface area contributed by atoms with E-state index in [4.69, 9.17) is 0 Å². The van der Waals surface area contributed by atoms with Gasteiger partial charge in [0.2, 0.25) is 0 Å². The van der Waals surface area contributed by atoms with Crippen LogP contribution in [0.4, 0.5) is 13.2 Å². The first-order chi connectivity index (χ1) is 8.88. The molecule has 0 aromatic carbocycles. The van der Waals surface area contributed by atoms with Gasteiger partial charge in [0, 0.05) is 25.2 Å². The maximum atomic E-state index is 12.9. The van der Waals surface area contributed by atoms with Crippen LogP contribution in [0, 0.1) is 11.8 Å². The predicted molar refractivity (Wildman–Crippen MR) is 70.0 cm³/mol. The van der Waals surface area contributed by atoms with Gasteiger partial charge in [-0.25, -0.2) is 0 Å². The Morgan fingerprint density at radius 2 is 1.89 bits per heavy atom. The van der Waals surface area contributed by atoms with Crippen LogP contribution < -0.4 is 5.32 Å². The average molecular weight is 278 g/mol. The lowest BCUT2D eigenvalue weighted by atomic mass is 9.93. The molecule has 0 bridgehead atoms. The quantitative estimate of drug-likeness (QED) is 0.831. The number of alkyl halides is 3. The summed E-state index contributed by atoms with van der Waals surface area (Å²) >= 11 is 0. The lowest BCUT2D eigenvalue weighted by molar-refractivity contribution is -0.189. The van der Waals surface area contributed by atoms with Crippen LogP contribution in [0.2, 0.25) is 0 Å². The molecule has 112 valence electrons. The number of nitrogens with zero attached hydrogens (tertiary/aromatic N) is 1. The van der Waals surface area contributed by atoms with Gasteiger partial charge in [0.05, 0.1) is 5.92 Å². The highest BCUT2D eigenvalue weighted by molar-refractivity contribution is 4.88. The van der Waals surface area contributed by atoms with Crippen LogP contribution in [0.1, 0.15) is 39.5 Å². The smallest absolute Gasteiger partial charge is 0.312 e. The van der Waals surface area contributed by atoms with E-state index in [0.717, 1.165) is 13.1 Å². The van der Waals surface area contributed by atoms with Gasteiger partial charge in [0.15, 0.2) is 0 Å². The molecule has 1 N–H and O–H groups in total. The zero-order valence-electron chi connectivity index (χ0n) is 11.8. The topological polar surface area (TPSA) is 15.3 Å². The lowest BCUT2D eigenvalue weighted by Gasteiger charge is -2.40. The first-order valence-corrected chi connectivity index (χ1v) is 7.42. The Hall–Kier alpha value is -0.290. The van der Waals surface area contributed by atoms with Crippen LogP contribution in [0.25, 0.3) is 0 Å². The fourth-order valence-electron chi connectivity index (χ4n) is 2.94. The van der Waals surface area contributed by atoms with E-state index < -0.39 is 12.1 Å². The molecule has 1 saturated heterocycles. The SMILES string of the molecule is CC(C)C(CNC1CC1)N1CCCC(C(F)(F)F)C1. The molecule has 0 amide bonds. The summed E-state index contributed by atoms with van der Waals surface area (Å²) in [4.78, 5) is 2.06. The number of hydrogen-bond donors (Lipinski definition) is 1. The molecule has 1 heterocycles. The van der Waals surface area contributed by atoms with Crippen molar-refractivity contribution in [2.45, 2.75) is 57.8 Å². The maximum Gasteiger partial charge on any atom is 0.393 e. The second-order valence-electron chi connectivity index (χ2n) is 6.37. The highest BCUT2D eigenvalue weighted by Crippen LogP contribution is 2.34. The number of piperidine rings is 1. The minimum Gasteiger partial charge on any atom is -0.312 e. The summed E-state index contributed by atoms with van der Waals surface area (Å²) in [5.41, 5.74) is 0. The molecule has 0 spiro atoms. The van der Waals surface area contributed by atoms with Crippen LogP contribution in [0.5, 0.6) is 0 Å². The van der Waals surface area contributed by atoms with E-state index in [9.17, 15) is 13.2 Å². The van der Waals surface area contributed by atoms with Gasteiger partial charge in [0.1, 0.15) is 0 Å². The van der Waals surface area contributed by atoms with Crippen LogP contribution in [0.15, 0.2) is 0 Å². The third-order valence-electron chi connectivity index (χ3n) is 4.35. The van der Waals surface area contributed by atoms with Gasteiger partial charge in [-0.15, -0.1) is 0 Å². The zero-order valence-corrected chi connectivity index (χ0v) is 11.8. The van der Waals surface area contributed by atoms with Crippen LogP contribution >= 0.6 is 0 Å². The molecule has 1 aliphatic heterocycles. The Labute approximate surface area is 113 Å². The zero-order chi connectivity index (χ0) is 14.0. The first-order valence-electron chi connectivity index (χ1n) is 7.42. The normalized spacial score (nSPS) is 27.8. The van der Waals surface area contributed by atoms with Crippen molar-refractivity contribution in [1.82, 2.24) is 10.2 Å². The third-order valence-corrected chi connectivity index (χ3v) is 4.35. The summed E-state index contributed by atoms with van der Waals surface area (Å²) in [6, 6.07) is 0.843. The average Bonchev–Trinajstić information content (AvgIpc) is 3.12. The third kappa shape index (κ3) is 4.35. The van der Waals surface area contributed by atoms with Gasteiger partial charge < -0.3 is 5.32 Å². The molecule has 19 heavy (non-hydrogen) atoms. The fourth-order valence-corrected chi connectivity index (χ4v) is 2.94. The minimum atomic E-state index is -4.04. The molecule has 0 radical (unpaired) electrons. The number of likely N-dealkylation sites (tertiary alicyclic amines) is 1. The molecule has 0 aromatic rings. The summed E-state index contributed by atoms with van der Waals surface area (Å²) in [6.45, 7) is 6.03. The molecular weight excluding hydrogens is 253 g/mol. The van der Waals surface area contributed by atoms with E-state index in [0.29, 0.717) is 24.8 Å². The van der Waals surface area contributed by atoms with Crippen LogP contribution in [-0.4, -0.2) is 42.8 Å². The van der Waals surface area contributed by atoms with Crippen molar-refractivity contribution in [3.63, 3.8) is 0 Å². The molecule has 1 aliphatic carbocycles. The van der Waals surface area contributed by atoms with E-state index in [1.54, 1.807) is 0 Å². The van der Waals surface area contributed by atoms with Crippen molar-refractivity contribution in [3.8, 4) is 0 Å². The van der Waals surface area contributed by atoms with Crippen molar-refractivity contribution in [2.24, 2.45) is 11.8 Å². The van der Waals surface area contributed by atoms with E-state index in [2.05, 4.69) is 24.1 Å². The molecule has 2 rings (SSSR count). The van der Waals surface area contributed by atoms with Crippen molar-refractivity contribution in [2.75, 3.05) is 19.6 Å². The van der Waals surface area contributed by atoms with E-state index in [1.165, 1.54) is 12.8 Å². The van der Waals surface area contributed by atoms with Gasteiger partial charge in [-0.3, -0.25) is 4.90 Å². The second-order valence-corrected chi connectivity index (χ2v) is 6.37. The Bertz CT molecular complexity index is 287. The van der Waals surface area contributed by atoms with Crippen LogP contribution in [-0.2, 0) is 0 Å². The summed E-state index contributed by atoms with van der Waals surface area (Å²) in [6.07, 6.45) is -0.645. The van der Waals surface area contributed by atoms with E-state index in [-0.39, 0.29) is 12.6 Å². The minimum absolute atomic E-state index is 0.179. The van der Waals surface area contributed by atoms with Gasteiger partial charge >= 0.3 is 6.18 Å². The van der Waals surface area contributed by atoms with Crippen molar-refractivity contribution in [3.05, 3.63) is 0 Å². The number of halogens is 3. The molecule has 2 unspecified atom stereocenters. The molecule has 2 fully saturated rings. The molecule has 5 heteroatoms. The number of hydrogen-bond acceptors (Lipinski definition) is 2. The fraction of sp³-hybridized carbons (Fsp3) is 1.00. The van der Waals surface area contributed by atoms with Crippen molar-refractivity contribution >= 4 is 0 Å². The Kier molecular flexibility index (Phi) is 4.77. The highest BCUT2D eigenvalue weighted by Gasteiger charge is 2.43. The van der Waals surface area contributed by atoms with Gasteiger partial charge in [0.25, 0.3) is 0 Å². The Morgan fingerprint density at radius 3 is 2.42 bits per heavy atom. The highest BCUT2D eigenvalue weighted by atomic mass is 19.4. The van der Waals surface area contributed by atoms with Crippen molar-refractivity contribution < 1.29 is 13.2 Å². The van der Waals surface area contributed by atoms with Gasteiger partial charge in [-0.2, -0.15) is 13.2 Å². The molecule has 2 aliphatic rings. The number of nitrogens with one attached hydrogen (secondary N) is 1. The molecular formula is C14H25F3N2. The van der Waals surface area contributed by atoms with Crippen LogP contribution in [0.3, 0.4) is 0 Å². The predicted octanol–water partition coefficient (Wildman–Crippen LogP) is 3.04. The lowest BCUT2D eigenvalue weighted by Crippen LogP contribution is -2.52. The molecule has 1 saturated carbocycles. The van der Waals surface area contributed by atoms with Crippen molar-refractivity contribution in [1.29, 1.82) is 0 Å². The second kappa shape index (κ2) is 6.00. The monoisotopic (exact) mass is 278 g/mol. The van der Waals surface area contributed by atoms with E-state index in [1.807, 2.05) is 0 Å². The van der Waals surface area contributed by atoms with E-state index >= 15 is 0 Å². The van der Waals surface area contributed by atoms with Gasteiger partial charge in [-0.05, 0) is 38.1 Å². The molecule has 2 nitrogen and oxygen atoms in total. The summed E-state index contributed by atoms with van der Waals surface area (Å²) in [7, 11) is 0. The Morgan fingerprint density at radius 1 is 1.21 bits per heavy atom. The molecule has 2 atom stereocenters. The number of rotatable bonds is 5. The standard InChI is InChI=1S/C14H25F3N2/c1-10(2)13(8-18-12-5-6-12)19-7-3-4-11(9-19)14(15,16)17/h10-13,18H,3-9H2,1-2H3. The largest absolute Gasteiger partial charge is 0.393 e. The molecule has 0 aromatic heterocycles. The maximum absolute atomic E-state index is 12.9. The first kappa shape index (κ1) is 15.1. The summed E-state index contributed by atoms with van der Waals surface area (Å²) in [5.74, 6) is -0.748. The Balaban J connectivity index is 1.91.